The van der Waals surface area contributed by atoms with Crippen molar-refractivity contribution in [2.75, 3.05) is 32.1 Å². The largest absolute Gasteiger partial charge is 0.381 e. The Morgan fingerprint density at radius 1 is 1.38 bits per heavy atom. The lowest BCUT2D eigenvalue weighted by Gasteiger charge is -2.30. The molecular weight excluding hydrogens is 284 g/mol. The number of fused-ring (bicyclic) bond motifs is 1. The molecule has 0 amide bonds. The first-order chi connectivity index (χ1) is 10.3. The number of hydrogen-bond acceptors (Lipinski definition) is 6. The summed E-state index contributed by atoms with van der Waals surface area (Å²) in [7, 11) is 1.80. The summed E-state index contributed by atoms with van der Waals surface area (Å²) < 4.78 is 5.42. The topological polar surface area (TPSA) is 50.3 Å². The Morgan fingerprint density at radius 2 is 2.19 bits per heavy atom. The summed E-state index contributed by atoms with van der Waals surface area (Å²) in [5.74, 6) is 1.88. The monoisotopic (exact) mass is 306 g/mol. The van der Waals surface area contributed by atoms with E-state index in [9.17, 15) is 0 Å². The molecule has 0 aromatic carbocycles. The van der Waals surface area contributed by atoms with Crippen LogP contribution >= 0.6 is 11.3 Å². The van der Waals surface area contributed by atoms with Crippen LogP contribution in [0.2, 0.25) is 0 Å². The Balaban J connectivity index is 1.74. The maximum atomic E-state index is 5.42. The second-order valence-electron chi connectivity index (χ2n) is 5.37. The third-order valence-corrected chi connectivity index (χ3v) is 4.76. The van der Waals surface area contributed by atoms with E-state index in [1.165, 1.54) is 0 Å². The van der Waals surface area contributed by atoms with Crippen molar-refractivity contribution in [2.45, 2.75) is 32.4 Å². The molecule has 3 rings (SSSR count). The van der Waals surface area contributed by atoms with Gasteiger partial charge in [-0.05, 0) is 31.2 Å². The summed E-state index contributed by atoms with van der Waals surface area (Å²) in [6.45, 7) is 5.90. The van der Waals surface area contributed by atoms with E-state index in [0.29, 0.717) is 6.10 Å². The fraction of sp³-hybridized carbons (Fsp3) is 0.600. The number of ether oxygens (including phenoxy) is 1. The predicted molar refractivity (Wildman–Crippen MR) is 86.9 cm³/mol. The molecule has 1 saturated heterocycles. The van der Waals surface area contributed by atoms with E-state index in [4.69, 9.17) is 14.7 Å². The second-order valence-corrected chi connectivity index (χ2v) is 6.26. The van der Waals surface area contributed by atoms with Gasteiger partial charge in [0.05, 0.1) is 18.0 Å². The van der Waals surface area contributed by atoms with Crippen LogP contribution in [0.15, 0.2) is 11.4 Å². The van der Waals surface area contributed by atoms with E-state index in [1.54, 1.807) is 18.4 Å². The van der Waals surface area contributed by atoms with Gasteiger partial charge in [0.25, 0.3) is 0 Å². The van der Waals surface area contributed by atoms with Gasteiger partial charge in [-0.2, -0.15) is 0 Å². The summed E-state index contributed by atoms with van der Waals surface area (Å²) in [4.78, 5) is 12.9. The third kappa shape index (κ3) is 3.33. The Morgan fingerprint density at radius 3 is 2.90 bits per heavy atom. The molecule has 0 bridgehead atoms. The summed E-state index contributed by atoms with van der Waals surface area (Å²) in [6.07, 6.45) is 2.61. The molecule has 0 unspecified atom stereocenters. The van der Waals surface area contributed by atoms with Gasteiger partial charge in [0.1, 0.15) is 16.5 Å². The zero-order valence-electron chi connectivity index (χ0n) is 12.6. The molecule has 6 heteroatoms. The molecule has 0 saturated carbocycles. The van der Waals surface area contributed by atoms with E-state index in [1.807, 2.05) is 0 Å². The molecule has 21 heavy (non-hydrogen) atoms. The van der Waals surface area contributed by atoms with Crippen molar-refractivity contribution in [3.8, 4) is 0 Å². The zero-order valence-corrected chi connectivity index (χ0v) is 13.4. The molecule has 2 aromatic rings. The molecule has 0 aliphatic carbocycles. The van der Waals surface area contributed by atoms with Crippen LogP contribution in [-0.4, -0.2) is 47.7 Å². The minimum Gasteiger partial charge on any atom is -0.381 e. The normalized spacial score (nSPS) is 17.4. The molecule has 3 heterocycles. The van der Waals surface area contributed by atoms with E-state index in [2.05, 4.69) is 28.6 Å². The first-order valence-corrected chi connectivity index (χ1v) is 8.41. The molecule has 5 nitrogen and oxygen atoms in total. The van der Waals surface area contributed by atoms with Crippen molar-refractivity contribution in [1.29, 1.82) is 0 Å². The van der Waals surface area contributed by atoms with Gasteiger partial charge in [-0.25, -0.2) is 9.97 Å². The van der Waals surface area contributed by atoms with Crippen molar-refractivity contribution in [1.82, 2.24) is 14.9 Å². The van der Waals surface area contributed by atoms with Crippen LogP contribution in [0.1, 0.15) is 25.6 Å². The van der Waals surface area contributed by atoms with Crippen molar-refractivity contribution in [3.05, 3.63) is 17.3 Å². The van der Waals surface area contributed by atoms with Crippen molar-refractivity contribution in [3.63, 3.8) is 0 Å². The number of nitrogens with one attached hydrogen (secondary N) is 1. The molecule has 1 N–H and O–H groups in total. The molecule has 114 valence electrons. The average Bonchev–Trinajstić information content (AvgIpc) is 2.97. The zero-order chi connectivity index (χ0) is 14.7. The lowest BCUT2D eigenvalue weighted by Crippen LogP contribution is -2.36. The van der Waals surface area contributed by atoms with Crippen LogP contribution in [0, 0.1) is 0 Å². The van der Waals surface area contributed by atoms with Crippen LogP contribution in [0.5, 0.6) is 0 Å². The number of thiophene rings is 1. The Bertz CT molecular complexity index is 592. The third-order valence-electron chi connectivity index (χ3n) is 3.95. The number of methoxy groups -OCH3 is 1. The predicted octanol–water partition coefficient (Wildman–Crippen LogP) is 2.73. The summed E-state index contributed by atoms with van der Waals surface area (Å²) in [5.41, 5.74) is 0. The fourth-order valence-electron chi connectivity index (χ4n) is 2.78. The van der Waals surface area contributed by atoms with Crippen LogP contribution < -0.4 is 5.32 Å². The molecule has 1 aliphatic rings. The van der Waals surface area contributed by atoms with Crippen LogP contribution in [-0.2, 0) is 11.3 Å². The molecule has 1 aliphatic heterocycles. The van der Waals surface area contributed by atoms with Crippen LogP contribution in [0.4, 0.5) is 5.82 Å². The number of piperidine rings is 1. The van der Waals surface area contributed by atoms with Crippen LogP contribution in [0.25, 0.3) is 10.2 Å². The molecular formula is C15H22N4OS. The number of likely N-dealkylation sites (tertiary alicyclic amines) is 1. The smallest absolute Gasteiger partial charge is 0.146 e. The SMILES string of the molecule is CCNc1nc(CN2CCC(OC)CC2)nc2sccc12. The van der Waals surface area contributed by atoms with Gasteiger partial charge in [-0.1, -0.05) is 0 Å². The van der Waals surface area contributed by atoms with Gasteiger partial charge in [-0.3, -0.25) is 4.90 Å². The average molecular weight is 306 g/mol. The highest BCUT2D eigenvalue weighted by Crippen LogP contribution is 2.25. The molecule has 2 aromatic heterocycles. The van der Waals surface area contributed by atoms with Gasteiger partial charge < -0.3 is 10.1 Å². The molecule has 0 atom stereocenters. The maximum Gasteiger partial charge on any atom is 0.146 e. The summed E-state index contributed by atoms with van der Waals surface area (Å²) in [6, 6.07) is 2.09. The number of aromatic nitrogens is 2. The Kier molecular flexibility index (Phi) is 4.67. The Labute approximate surface area is 129 Å². The van der Waals surface area contributed by atoms with E-state index in [-0.39, 0.29) is 0 Å². The maximum absolute atomic E-state index is 5.42. The highest BCUT2D eigenvalue weighted by Gasteiger charge is 2.20. The summed E-state index contributed by atoms with van der Waals surface area (Å²) in [5, 5.41) is 6.55. The van der Waals surface area contributed by atoms with Crippen LogP contribution in [0.3, 0.4) is 0 Å². The Hall–Kier alpha value is -1.24. The van der Waals surface area contributed by atoms with Crippen molar-refractivity contribution < 1.29 is 4.74 Å². The first-order valence-electron chi connectivity index (χ1n) is 7.53. The van der Waals surface area contributed by atoms with Gasteiger partial charge >= 0.3 is 0 Å². The molecule has 0 radical (unpaired) electrons. The van der Waals surface area contributed by atoms with Gasteiger partial charge in [0, 0.05) is 26.7 Å². The second kappa shape index (κ2) is 6.68. The highest BCUT2D eigenvalue weighted by atomic mass is 32.1. The fourth-order valence-corrected chi connectivity index (χ4v) is 3.56. The standard InChI is InChI=1S/C15H22N4OS/c1-3-16-14-12-6-9-21-15(12)18-13(17-14)10-19-7-4-11(20-2)5-8-19/h6,9,11H,3-5,7-8,10H2,1-2H3,(H,16,17,18). The van der Waals surface area contributed by atoms with Gasteiger partial charge in [0.2, 0.25) is 0 Å². The number of hydrogen-bond donors (Lipinski definition) is 1. The number of anilines is 1. The molecule has 0 spiro atoms. The lowest BCUT2D eigenvalue weighted by molar-refractivity contribution is 0.0382. The van der Waals surface area contributed by atoms with E-state index < -0.39 is 0 Å². The quantitative estimate of drug-likeness (QED) is 0.920. The highest BCUT2D eigenvalue weighted by molar-refractivity contribution is 7.16. The number of rotatable bonds is 5. The van der Waals surface area contributed by atoms with Crippen molar-refractivity contribution >= 4 is 27.4 Å². The van der Waals surface area contributed by atoms with E-state index in [0.717, 1.165) is 60.9 Å². The summed E-state index contributed by atoms with van der Waals surface area (Å²) >= 11 is 1.68. The van der Waals surface area contributed by atoms with Gasteiger partial charge in [0.15, 0.2) is 0 Å². The number of nitrogens with zero attached hydrogens (tertiary/aromatic N) is 3. The van der Waals surface area contributed by atoms with Crippen molar-refractivity contribution in [2.24, 2.45) is 0 Å². The first kappa shape index (κ1) is 14.7. The van der Waals surface area contributed by atoms with E-state index >= 15 is 0 Å². The minimum atomic E-state index is 0.416. The van der Waals surface area contributed by atoms with Gasteiger partial charge in [-0.15, -0.1) is 11.3 Å². The lowest BCUT2D eigenvalue weighted by atomic mass is 10.1. The molecule has 1 fully saturated rings. The minimum absolute atomic E-state index is 0.416.